The zero-order valence-electron chi connectivity index (χ0n) is 16.6. The highest BCUT2D eigenvalue weighted by Crippen LogP contribution is 2.21. The summed E-state index contributed by atoms with van der Waals surface area (Å²) in [5.74, 6) is 1.70. The van der Waals surface area contributed by atoms with E-state index in [0.717, 1.165) is 27.6 Å². The fraction of sp³-hybridized carbons (Fsp3) is 0.381. The Labute approximate surface area is 172 Å². The highest BCUT2D eigenvalue weighted by atomic mass is 32.2. The van der Waals surface area contributed by atoms with Crippen molar-refractivity contribution < 1.29 is 13.2 Å². The summed E-state index contributed by atoms with van der Waals surface area (Å²) in [6.07, 6.45) is 1.12. The van der Waals surface area contributed by atoms with E-state index in [2.05, 4.69) is 31.3 Å². The number of carbonyl (C=O) groups excluding carboxylic acids is 1. The van der Waals surface area contributed by atoms with Crippen LogP contribution in [0.25, 0.3) is 0 Å². The maximum atomic E-state index is 12.3. The van der Waals surface area contributed by atoms with Crippen LogP contribution in [-0.4, -0.2) is 39.4 Å². The van der Waals surface area contributed by atoms with Crippen LogP contribution in [0, 0.1) is 0 Å². The molecule has 0 unspecified atom stereocenters. The molecule has 1 N–H and O–H groups in total. The average molecular weight is 421 g/mol. The lowest BCUT2D eigenvalue weighted by atomic mass is 10.0. The number of benzene rings is 2. The number of hydrogen-bond donors (Lipinski definition) is 1. The minimum absolute atomic E-state index is 0.219. The van der Waals surface area contributed by atoms with Gasteiger partial charge in [-0.1, -0.05) is 56.3 Å². The molecule has 5 nitrogen and oxygen atoms in total. The van der Waals surface area contributed by atoms with Gasteiger partial charge in [-0.15, -0.1) is 0 Å². The van der Waals surface area contributed by atoms with Gasteiger partial charge in [-0.25, -0.2) is 8.42 Å². The predicted octanol–water partition coefficient (Wildman–Crippen LogP) is 3.63. The van der Waals surface area contributed by atoms with Gasteiger partial charge in [0.15, 0.2) is 0 Å². The Morgan fingerprint density at radius 2 is 1.71 bits per heavy atom. The minimum atomic E-state index is -3.55. The summed E-state index contributed by atoms with van der Waals surface area (Å²) in [5, 5.41) is 2.80. The Kier molecular flexibility index (Phi) is 8.38. The molecule has 2 aromatic rings. The van der Waals surface area contributed by atoms with E-state index in [-0.39, 0.29) is 12.5 Å². The second-order valence-electron chi connectivity index (χ2n) is 6.90. The molecule has 0 heterocycles. The molecule has 0 spiro atoms. The van der Waals surface area contributed by atoms with Crippen LogP contribution >= 0.6 is 11.8 Å². The predicted molar refractivity (Wildman–Crippen MR) is 118 cm³/mol. The molecule has 0 aliphatic rings. The van der Waals surface area contributed by atoms with Crippen molar-refractivity contribution in [2.75, 3.05) is 29.4 Å². The quantitative estimate of drug-likeness (QED) is 0.596. The van der Waals surface area contributed by atoms with Gasteiger partial charge < -0.3 is 5.32 Å². The van der Waals surface area contributed by atoms with Gasteiger partial charge in [0.05, 0.1) is 11.9 Å². The molecule has 0 fully saturated rings. The molecule has 0 aromatic heterocycles. The second-order valence-corrected chi connectivity index (χ2v) is 9.92. The molecule has 0 bridgehead atoms. The van der Waals surface area contributed by atoms with E-state index in [0.29, 0.717) is 18.2 Å². The lowest BCUT2D eigenvalue weighted by Gasteiger charge is -2.22. The van der Waals surface area contributed by atoms with Crippen molar-refractivity contribution in [3.8, 4) is 0 Å². The Morgan fingerprint density at radius 1 is 1.07 bits per heavy atom. The molecule has 0 saturated heterocycles. The van der Waals surface area contributed by atoms with Gasteiger partial charge in [0, 0.05) is 18.1 Å². The van der Waals surface area contributed by atoms with E-state index < -0.39 is 10.0 Å². The van der Waals surface area contributed by atoms with Crippen molar-refractivity contribution in [2.24, 2.45) is 0 Å². The Morgan fingerprint density at radius 3 is 2.29 bits per heavy atom. The number of anilines is 1. The fourth-order valence-electron chi connectivity index (χ4n) is 2.64. The third-order valence-electron chi connectivity index (χ3n) is 4.22. The van der Waals surface area contributed by atoms with Gasteiger partial charge in [-0.3, -0.25) is 9.10 Å². The van der Waals surface area contributed by atoms with Gasteiger partial charge in [0.1, 0.15) is 6.54 Å². The molecular weight excluding hydrogens is 392 g/mol. The molecule has 0 aliphatic heterocycles. The summed E-state index contributed by atoms with van der Waals surface area (Å²) >= 11 is 1.73. The van der Waals surface area contributed by atoms with Crippen LogP contribution in [0.1, 0.15) is 30.9 Å². The number of nitrogens with one attached hydrogen (secondary N) is 1. The zero-order valence-corrected chi connectivity index (χ0v) is 18.2. The summed E-state index contributed by atoms with van der Waals surface area (Å²) in [7, 11) is -3.55. The number of sulfonamides is 1. The van der Waals surface area contributed by atoms with E-state index >= 15 is 0 Å². The van der Waals surface area contributed by atoms with Crippen molar-refractivity contribution in [2.45, 2.75) is 25.5 Å². The SMILES string of the molecule is CC(C)c1ccc(N(CC(=O)NCCSCc2ccccc2)S(C)(=O)=O)cc1. The first kappa shape index (κ1) is 22.3. The summed E-state index contributed by atoms with van der Waals surface area (Å²) in [5.41, 5.74) is 2.87. The van der Waals surface area contributed by atoms with Gasteiger partial charge in [-0.2, -0.15) is 11.8 Å². The van der Waals surface area contributed by atoms with E-state index in [1.165, 1.54) is 5.56 Å². The van der Waals surface area contributed by atoms with Crippen LogP contribution < -0.4 is 9.62 Å². The molecule has 0 atom stereocenters. The second kappa shape index (κ2) is 10.5. The van der Waals surface area contributed by atoms with E-state index in [4.69, 9.17) is 0 Å². The number of amides is 1. The molecule has 152 valence electrons. The Balaban J connectivity index is 1.85. The van der Waals surface area contributed by atoms with E-state index in [1.807, 2.05) is 30.3 Å². The number of thioether (sulfide) groups is 1. The van der Waals surface area contributed by atoms with Crippen LogP contribution in [0.3, 0.4) is 0 Å². The normalized spacial score (nSPS) is 11.4. The maximum Gasteiger partial charge on any atom is 0.240 e. The average Bonchev–Trinajstić information content (AvgIpc) is 2.66. The third kappa shape index (κ3) is 7.20. The maximum absolute atomic E-state index is 12.3. The number of hydrogen-bond acceptors (Lipinski definition) is 4. The van der Waals surface area contributed by atoms with Crippen molar-refractivity contribution in [3.05, 3.63) is 65.7 Å². The summed E-state index contributed by atoms with van der Waals surface area (Å²) in [4.78, 5) is 12.3. The number of nitrogens with zero attached hydrogens (tertiary/aromatic N) is 1. The van der Waals surface area contributed by atoms with Crippen molar-refractivity contribution >= 4 is 33.4 Å². The summed E-state index contributed by atoms with van der Waals surface area (Å²) in [6.45, 7) is 4.43. The molecular formula is C21H28N2O3S2. The topological polar surface area (TPSA) is 66.5 Å². The molecule has 0 saturated carbocycles. The Hall–Kier alpha value is -1.99. The molecule has 7 heteroatoms. The van der Waals surface area contributed by atoms with Gasteiger partial charge in [0.25, 0.3) is 0 Å². The number of carbonyl (C=O) groups is 1. The lowest BCUT2D eigenvalue weighted by Crippen LogP contribution is -2.41. The van der Waals surface area contributed by atoms with Crippen LogP contribution in [0.2, 0.25) is 0 Å². The van der Waals surface area contributed by atoms with Crippen LogP contribution in [0.4, 0.5) is 5.69 Å². The highest BCUT2D eigenvalue weighted by molar-refractivity contribution is 7.98. The van der Waals surface area contributed by atoms with Crippen LogP contribution in [0.15, 0.2) is 54.6 Å². The summed E-state index contributed by atoms with van der Waals surface area (Å²) < 4.78 is 25.5. The van der Waals surface area contributed by atoms with E-state index in [9.17, 15) is 13.2 Å². The number of rotatable bonds is 10. The highest BCUT2D eigenvalue weighted by Gasteiger charge is 2.20. The van der Waals surface area contributed by atoms with Crippen LogP contribution in [0.5, 0.6) is 0 Å². The monoisotopic (exact) mass is 420 g/mol. The van der Waals surface area contributed by atoms with Crippen molar-refractivity contribution in [1.82, 2.24) is 5.32 Å². The minimum Gasteiger partial charge on any atom is -0.354 e. The largest absolute Gasteiger partial charge is 0.354 e. The first-order valence-corrected chi connectivity index (χ1v) is 12.2. The fourth-order valence-corrected chi connectivity index (χ4v) is 4.31. The smallest absolute Gasteiger partial charge is 0.240 e. The first-order chi connectivity index (χ1) is 13.3. The van der Waals surface area contributed by atoms with E-state index in [1.54, 1.807) is 23.9 Å². The molecule has 0 aliphatic carbocycles. The molecule has 1 amide bonds. The molecule has 2 rings (SSSR count). The third-order valence-corrected chi connectivity index (χ3v) is 6.39. The first-order valence-electron chi connectivity index (χ1n) is 9.23. The van der Waals surface area contributed by atoms with Gasteiger partial charge in [-0.05, 0) is 29.2 Å². The standard InChI is InChI=1S/C21H28N2O3S2/c1-17(2)19-9-11-20(12-10-19)23(28(3,25)26)15-21(24)22-13-14-27-16-18-7-5-4-6-8-18/h4-12,17H,13-16H2,1-3H3,(H,22,24). The van der Waals surface area contributed by atoms with Gasteiger partial charge >= 0.3 is 0 Å². The van der Waals surface area contributed by atoms with Gasteiger partial charge in [0.2, 0.25) is 15.9 Å². The Bertz CT molecular complexity index is 851. The van der Waals surface area contributed by atoms with Crippen molar-refractivity contribution in [1.29, 1.82) is 0 Å². The molecule has 0 radical (unpaired) electrons. The summed E-state index contributed by atoms with van der Waals surface area (Å²) in [6, 6.07) is 17.4. The molecule has 2 aromatic carbocycles. The molecule has 28 heavy (non-hydrogen) atoms. The van der Waals surface area contributed by atoms with Crippen molar-refractivity contribution in [3.63, 3.8) is 0 Å². The lowest BCUT2D eigenvalue weighted by molar-refractivity contribution is -0.119. The zero-order chi connectivity index (χ0) is 20.6. The van der Waals surface area contributed by atoms with Crippen LogP contribution in [-0.2, 0) is 20.6 Å².